The molecule has 0 aromatic heterocycles. The normalized spacial score (nSPS) is 28.2. The van der Waals surface area contributed by atoms with Crippen molar-refractivity contribution >= 4 is 11.6 Å². The Morgan fingerprint density at radius 3 is 2.79 bits per heavy atom. The Hall–Kier alpha value is -0.730. The van der Waals surface area contributed by atoms with Crippen molar-refractivity contribution in [3.05, 3.63) is 28.3 Å². The molecule has 0 radical (unpaired) electrons. The maximum Gasteiger partial charge on any atom is 0.125 e. The van der Waals surface area contributed by atoms with Gasteiger partial charge >= 0.3 is 0 Å². The fraction of sp³-hybridized carbons (Fsp3) is 0.625. The second kappa shape index (κ2) is 4.39. The van der Waals surface area contributed by atoms with Gasteiger partial charge in [-0.05, 0) is 54.4 Å². The monoisotopic (exact) mass is 279 g/mol. The van der Waals surface area contributed by atoms with Gasteiger partial charge in [-0.1, -0.05) is 25.4 Å². The standard InChI is InChI=1S/C16H22ClNO/c1-15(2)4-5-16(18,10-15)9-12-8-13(17)7-11-3-6-19-14(11)12/h7-8H,3-6,9-10,18H2,1-2H3. The Morgan fingerprint density at radius 2 is 2.11 bits per heavy atom. The average molecular weight is 280 g/mol. The highest BCUT2D eigenvalue weighted by molar-refractivity contribution is 6.30. The third-order valence-electron chi connectivity index (χ3n) is 4.50. The number of rotatable bonds is 2. The van der Waals surface area contributed by atoms with Gasteiger partial charge in [0.25, 0.3) is 0 Å². The molecule has 2 N–H and O–H groups in total. The highest BCUT2D eigenvalue weighted by Crippen LogP contribution is 2.45. The molecular formula is C16H22ClNO. The molecule has 1 aromatic rings. The molecule has 1 unspecified atom stereocenters. The summed E-state index contributed by atoms with van der Waals surface area (Å²) in [4.78, 5) is 0. The van der Waals surface area contributed by atoms with Crippen molar-refractivity contribution in [3.63, 3.8) is 0 Å². The Labute approximate surface area is 120 Å². The van der Waals surface area contributed by atoms with Crippen LogP contribution in [0, 0.1) is 5.41 Å². The van der Waals surface area contributed by atoms with Crippen LogP contribution in [-0.4, -0.2) is 12.1 Å². The minimum atomic E-state index is -0.103. The predicted octanol–water partition coefficient (Wildman–Crippen LogP) is 3.73. The molecule has 1 fully saturated rings. The van der Waals surface area contributed by atoms with Crippen LogP contribution in [0.4, 0.5) is 0 Å². The Kier molecular flexibility index (Phi) is 3.06. The van der Waals surface area contributed by atoms with Crippen LogP contribution < -0.4 is 10.5 Å². The number of halogens is 1. The Bertz CT molecular complexity index is 512. The van der Waals surface area contributed by atoms with Crippen LogP contribution in [0.2, 0.25) is 5.02 Å². The van der Waals surface area contributed by atoms with Crippen molar-refractivity contribution in [2.75, 3.05) is 6.61 Å². The molecule has 1 saturated carbocycles. The first-order chi connectivity index (χ1) is 8.87. The fourth-order valence-electron chi connectivity index (χ4n) is 3.72. The zero-order valence-corrected chi connectivity index (χ0v) is 12.5. The van der Waals surface area contributed by atoms with Crippen LogP contribution in [0.1, 0.15) is 44.2 Å². The molecule has 1 aliphatic heterocycles. The van der Waals surface area contributed by atoms with E-state index >= 15 is 0 Å². The van der Waals surface area contributed by atoms with E-state index < -0.39 is 0 Å². The summed E-state index contributed by atoms with van der Waals surface area (Å²) in [7, 11) is 0. The van der Waals surface area contributed by atoms with Crippen molar-refractivity contribution < 1.29 is 4.74 Å². The number of fused-ring (bicyclic) bond motifs is 1. The summed E-state index contributed by atoms with van der Waals surface area (Å²) in [6, 6.07) is 4.06. The summed E-state index contributed by atoms with van der Waals surface area (Å²) < 4.78 is 5.78. The smallest absolute Gasteiger partial charge is 0.125 e. The molecule has 2 aliphatic rings. The lowest BCUT2D eigenvalue weighted by Gasteiger charge is -2.27. The number of nitrogens with two attached hydrogens (primary N) is 1. The highest BCUT2D eigenvalue weighted by Gasteiger charge is 2.41. The van der Waals surface area contributed by atoms with E-state index in [0.717, 1.165) is 43.1 Å². The number of benzene rings is 1. The summed E-state index contributed by atoms with van der Waals surface area (Å²) in [5.41, 5.74) is 9.30. The first-order valence-electron chi connectivity index (χ1n) is 7.10. The van der Waals surface area contributed by atoms with Crippen LogP contribution in [0.15, 0.2) is 12.1 Å². The lowest BCUT2D eigenvalue weighted by molar-refractivity contribution is 0.325. The van der Waals surface area contributed by atoms with Crippen molar-refractivity contribution in [2.45, 2.75) is 51.5 Å². The Balaban J connectivity index is 1.88. The molecule has 1 aromatic carbocycles. The van der Waals surface area contributed by atoms with E-state index in [9.17, 15) is 0 Å². The lowest BCUT2D eigenvalue weighted by atomic mass is 9.84. The number of ether oxygens (including phenoxy) is 1. The third kappa shape index (κ3) is 2.61. The van der Waals surface area contributed by atoms with Crippen LogP contribution in [-0.2, 0) is 12.8 Å². The molecule has 1 atom stereocenters. The maximum absolute atomic E-state index is 6.61. The molecule has 0 spiro atoms. The molecule has 19 heavy (non-hydrogen) atoms. The summed E-state index contributed by atoms with van der Waals surface area (Å²) in [5.74, 6) is 1.04. The molecule has 2 nitrogen and oxygen atoms in total. The quantitative estimate of drug-likeness (QED) is 0.895. The Morgan fingerprint density at radius 1 is 1.32 bits per heavy atom. The van der Waals surface area contributed by atoms with Crippen LogP contribution >= 0.6 is 11.6 Å². The fourth-order valence-corrected chi connectivity index (χ4v) is 3.99. The molecule has 3 rings (SSSR count). The lowest BCUT2D eigenvalue weighted by Crippen LogP contribution is -2.40. The van der Waals surface area contributed by atoms with E-state index in [2.05, 4.69) is 13.8 Å². The van der Waals surface area contributed by atoms with Gasteiger partial charge in [-0.3, -0.25) is 0 Å². The molecule has 104 valence electrons. The van der Waals surface area contributed by atoms with Crippen molar-refractivity contribution in [1.82, 2.24) is 0 Å². The van der Waals surface area contributed by atoms with Gasteiger partial charge in [-0.2, -0.15) is 0 Å². The molecule has 0 amide bonds. The summed E-state index contributed by atoms with van der Waals surface area (Å²) in [6.45, 7) is 5.38. The number of hydrogen-bond donors (Lipinski definition) is 1. The van der Waals surface area contributed by atoms with Crippen LogP contribution in [0.3, 0.4) is 0 Å². The van der Waals surface area contributed by atoms with E-state index in [4.69, 9.17) is 22.1 Å². The summed E-state index contributed by atoms with van der Waals surface area (Å²) >= 11 is 6.22. The van der Waals surface area contributed by atoms with Crippen LogP contribution in [0.5, 0.6) is 5.75 Å². The largest absolute Gasteiger partial charge is 0.493 e. The van der Waals surface area contributed by atoms with E-state index in [1.165, 1.54) is 17.5 Å². The molecular weight excluding hydrogens is 258 g/mol. The second-order valence-electron chi connectivity index (χ2n) is 7.03. The summed E-state index contributed by atoms with van der Waals surface area (Å²) in [6.07, 6.45) is 5.20. The molecule has 1 aliphatic carbocycles. The van der Waals surface area contributed by atoms with Gasteiger partial charge in [-0.25, -0.2) is 0 Å². The van der Waals surface area contributed by atoms with E-state index in [1.54, 1.807) is 0 Å². The minimum absolute atomic E-state index is 0.103. The second-order valence-corrected chi connectivity index (χ2v) is 7.47. The number of hydrogen-bond acceptors (Lipinski definition) is 2. The van der Waals surface area contributed by atoms with E-state index in [0.29, 0.717) is 5.41 Å². The van der Waals surface area contributed by atoms with Gasteiger partial charge in [0, 0.05) is 17.0 Å². The zero-order chi connectivity index (χ0) is 13.7. The topological polar surface area (TPSA) is 35.2 Å². The van der Waals surface area contributed by atoms with Gasteiger partial charge in [0.15, 0.2) is 0 Å². The van der Waals surface area contributed by atoms with Gasteiger partial charge in [0.1, 0.15) is 5.75 Å². The molecule has 0 bridgehead atoms. The van der Waals surface area contributed by atoms with Gasteiger partial charge in [0.05, 0.1) is 6.61 Å². The van der Waals surface area contributed by atoms with E-state index in [-0.39, 0.29) is 5.54 Å². The van der Waals surface area contributed by atoms with Crippen molar-refractivity contribution in [1.29, 1.82) is 0 Å². The molecule has 3 heteroatoms. The minimum Gasteiger partial charge on any atom is -0.493 e. The van der Waals surface area contributed by atoms with Crippen LogP contribution in [0.25, 0.3) is 0 Å². The molecule has 1 heterocycles. The van der Waals surface area contributed by atoms with Gasteiger partial charge < -0.3 is 10.5 Å². The predicted molar refractivity (Wildman–Crippen MR) is 78.9 cm³/mol. The highest BCUT2D eigenvalue weighted by atomic mass is 35.5. The SMILES string of the molecule is CC1(C)CCC(N)(Cc2cc(Cl)cc3c2OCC3)C1. The van der Waals surface area contributed by atoms with Gasteiger partial charge in [0.2, 0.25) is 0 Å². The van der Waals surface area contributed by atoms with Crippen molar-refractivity contribution in [2.24, 2.45) is 11.1 Å². The van der Waals surface area contributed by atoms with Gasteiger partial charge in [-0.15, -0.1) is 0 Å². The summed E-state index contributed by atoms with van der Waals surface area (Å²) in [5, 5.41) is 0.806. The maximum atomic E-state index is 6.61. The molecule has 0 saturated heterocycles. The first-order valence-corrected chi connectivity index (χ1v) is 7.48. The van der Waals surface area contributed by atoms with E-state index in [1.807, 2.05) is 12.1 Å². The first kappa shape index (κ1) is 13.3. The third-order valence-corrected chi connectivity index (χ3v) is 4.72. The zero-order valence-electron chi connectivity index (χ0n) is 11.8. The average Bonchev–Trinajstić information content (AvgIpc) is 2.83. The van der Waals surface area contributed by atoms with Crippen molar-refractivity contribution in [3.8, 4) is 5.75 Å².